The highest BCUT2D eigenvalue weighted by Gasteiger charge is 2.16. The van der Waals surface area contributed by atoms with E-state index < -0.39 is 0 Å². The van der Waals surface area contributed by atoms with Crippen molar-refractivity contribution in [2.24, 2.45) is 0 Å². The molecule has 6 heteroatoms. The maximum Gasteiger partial charge on any atom is 0.142 e. The van der Waals surface area contributed by atoms with Gasteiger partial charge in [0.15, 0.2) is 0 Å². The van der Waals surface area contributed by atoms with Gasteiger partial charge in [-0.15, -0.1) is 11.6 Å². The molecule has 0 radical (unpaired) electrons. The Morgan fingerprint density at radius 1 is 1.26 bits per heavy atom. The molecule has 0 aliphatic carbocycles. The van der Waals surface area contributed by atoms with Gasteiger partial charge in [-0.05, 0) is 12.1 Å². The Morgan fingerprint density at radius 3 is 2.68 bits per heavy atom. The number of anilines is 2. The molecule has 2 rings (SSSR count). The summed E-state index contributed by atoms with van der Waals surface area (Å²) in [6.07, 6.45) is 1.42. The summed E-state index contributed by atoms with van der Waals surface area (Å²) < 4.78 is 5.34. The third-order valence-electron chi connectivity index (χ3n) is 2.77. The van der Waals surface area contributed by atoms with Crippen molar-refractivity contribution in [3.63, 3.8) is 0 Å². The summed E-state index contributed by atoms with van der Waals surface area (Å²) in [5.41, 5.74) is 1.57. The summed E-state index contributed by atoms with van der Waals surface area (Å²) in [5, 5.41) is 0.363. The van der Waals surface area contributed by atoms with Crippen LogP contribution in [0.3, 0.4) is 0 Å². The zero-order valence-electron chi connectivity index (χ0n) is 10.6. The van der Waals surface area contributed by atoms with Gasteiger partial charge in [0.25, 0.3) is 0 Å². The second-order valence-corrected chi connectivity index (χ2v) is 4.46. The number of benzene rings is 1. The Labute approximate surface area is 122 Å². The van der Waals surface area contributed by atoms with Crippen LogP contribution in [0.5, 0.6) is 5.75 Å². The SMILES string of the molecule is COc1ccccc1N(C)c1ncnc(Cl)c1CCl. The van der Waals surface area contributed by atoms with Crippen molar-refractivity contribution in [3.8, 4) is 5.75 Å². The van der Waals surface area contributed by atoms with Crippen LogP contribution in [-0.2, 0) is 5.88 Å². The molecule has 0 saturated heterocycles. The van der Waals surface area contributed by atoms with Crippen LogP contribution < -0.4 is 9.64 Å². The average Bonchev–Trinajstić information content (AvgIpc) is 2.46. The lowest BCUT2D eigenvalue weighted by molar-refractivity contribution is 0.415. The molecule has 1 aromatic carbocycles. The van der Waals surface area contributed by atoms with Gasteiger partial charge in [-0.1, -0.05) is 23.7 Å². The molecule has 0 aliphatic rings. The van der Waals surface area contributed by atoms with E-state index in [0.29, 0.717) is 16.5 Å². The van der Waals surface area contributed by atoms with Gasteiger partial charge in [0.2, 0.25) is 0 Å². The second kappa shape index (κ2) is 6.08. The van der Waals surface area contributed by atoms with Gasteiger partial charge < -0.3 is 9.64 Å². The molecule has 100 valence electrons. The lowest BCUT2D eigenvalue weighted by Gasteiger charge is -2.22. The first-order valence-corrected chi connectivity index (χ1v) is 6.52. The van der Waals surface area contributed by atoms with E-state index in [9.17, 15) is 0 Å². The van der Waals surface area contributed by atoms with E-state index in [4.69, 9.17) is 27.9 Å². The van der Waals surface area contributed by atoms with Gasteiger partial charge in [-0.2, -0.15) is 0 Å². The van der Waals surface area contributed by atoms with Crippen LogP contribution in [0, 0.1) is 0 Å². The quantitative estimate of drug-likeness (QED) is 0.638. The van der Waals surface area contributed by atoms with Crippen molar-refractivity contribution in [1.82, 2.24) is 9.97 Å². The molecule has 0 bridgehead atoms. The highest BCUT2D eigenvalue weighted by molar-refractivity contribution is 6.31. The molecule has 4 nitrogen and oxygen atoms in total. The molecule has 0 spiro atoms. The van der Waals surface area contributed by atoms with Crippen LogP contribution in [0.1, 0.15) is 5.56 Å². The van der Waals surface area contributed by atoms with E-state index in [-0.39, 0.29) is 5.88 Å². The minimum Gasteiger partial charge on any atom is -0.495 e. The molecule has 1 aromatic heterocycles. The van der Waals surface area contributed by atoms with Crippen molar-refractivity contribution in [2.45, 2.75) is 5.88 Å². The van der Waals surface area contributed by atoms with Crippen LogP contribution in [0.25, 0.3) is 0 Å². The van der Waals surface area contributed by atoms with Crippen molar-refractivity contribution < 1.29 is 4.74 Å². The number of rotatable bonds is 4. The first-order chi connectivity index (χ1) is 9.19. The van der Waals surface area contributed by atoms with Crippen LogP contribution in [0.2, 0.25) is 5.15 Å². The number of hydrogen-bond donors (Lipinski definition) is 0. The number of nitrogens with zero attached hydrogens (tertiary/aromatic N) is 3. The predicted molar refractivity (Wildman–Crippen MR) is 77.7 cm³/mol. The summed E-state index contributed by atoms with van der Waals surface area (Å²) in [6.45, 7) is 0. The Balaban J connectivity index is 2.50. The van der Waals surface area contributed by atoms with Crippen molar-refractivity contribution in [2.75, 3.05) is 19.1 Å². The van der Waals surface area contributed by atoms with Crippen LogP contribution in [-0.4, -0.2) is 24.1 Å². The average molecular weight is 298 g/mol. The van der Waals surface area contributed by atoms with Crippen LogP contribution in [0.15, 0.2) is 30.6 Å². The van der Waals surface area contributed by atoms with Crippen molar-refractivity contribution in [3.05, 3.63) is 41.3 Å². The van der Waals surface area contributed by atoms with Gasteiger partial charge >= 0.3 is 0 Å². The third-order valence-corrected chi connectivity index (χ3v) is 3.36. The number of halogens is 2. The lowest BCUT2D eigenvalue weighted by Crippen LogP contribution is -2.15. The molecule has 0 atom stereocenters. The predicted octanol–water partition coefficient (Wildman–Crippen LogP) is 3.65. The molecule has 0 N–H and O–H groups in total. The fraction of sp³-hybridized carbons (Fsp3) is 0.231. The zero-order chi connectivity index (χ0) is 13.8. The van der Waals surface area contributed by atoms with Gasteiger partial charge in [-0.25, -0.2) is 9.97 Å². The smallest absolute Gasteiger partial charge is 0.142 e. The molecule has 0 saturated carbocycles. The summed E-state index contributed by atoms with van der Waals surface area (Å²) in [5.74, 6) is 1.66. The molecule has 2 aromatic rings. The first-order valence-electron chi connectivity index (χ1n) is 5.61. The van der Waals surface area contributed by atoms with E-state index in [1.807, 2.05) is 36.2 Å². The van der Waals surface area contributed by atoms with Crippen molar-refractivity contribution in [1.29, 1.82) is 0 Å². The molecule has 1 heterocycles. The Bertz CT molecular complexity index is 578. The standard InChI is InChI=1S/C13H13Cl2N3O/c1-18(10-5-3-4-6-11(10)19-2)13-9(7-14)12(15)16-8-17-13/h3-6,8H,7H2,1-2H3. The highest BCUT2D eigenvalue weighted by atomic mass is 35.5. The van der Waals surface area contributed by atoms with E-state index in [0.717, 1.165) is 11.4 Å². The Hall–Kier alpha value is -1.52. The summed E-state index contributed by atoms with van der Waals surface area (Å²) in [7, 11) is 3.51. The second-order valence-electron chi connectivity index (χ2n) is 3.83. The molecule has 0 amide bonds. The van der Waals surface area contributed by atoms with E-state index >= 15 is 0 Å². The minimum atomic E-state index is 0.245. The van der Waals surface area contributed by atoms with Gasteiger partial charge in [0, 0.05) is 12.6 Å². The lowest BCUT2D eigenvalue weighted by atomic mass is 10.2. The van der Waals surface area contributed by atoms with Gasteiger partial charge in [0.1, 0.15) is 23.0 Å². The topological polar surface area (TPSA) is 38.2 Å². The summed E-state index contributed by atoms with van der Waals surface area (Å²) in [4.78, 5) is 10.1. The number of aromatic nitrogens is 2. The molecule has 0 unspecified atom stereocenters. The Morgan fingerprint density at radius 2 is 2.00 bits per heavy atom. The molecule has 19 heavy (non-hydrogen) atoms. The Kier molecular flexibility index (Phi) is 4.45. The van der Waals surface area contributed by atoms with E-state index in [1.54, 1.807) is 7.11 Å². The third kappa shape index (κ3) is 2.74. The minimum absolute atomic E-state index is 0.245. The van der Waals surface area contributed by atoms with Crippen LogP contribution in [0.4, 0.5) is 11.5 Å². The van der Waals surface area contributed by atoms with Gasteiger partial charge in [-0.3, -0.25) is 0 Å². The first kappa shape index (κ1) is 13.9. The molecular weight excluding hydrogens is 285 g/mol. The fourth-order valence-corrected chi connectivity index (χ4v) is 2.32. The largest absolute Gasteiger partial charge is 0.495 e. The van der Waals surface area contributed by atoms with E-state index in [1.165, 1.54) is 6.33 Å². The molecular formula is C13H13Cl2N3O. The van der Waals surface area contributed by atoms with E-state index in [2.05, 4.69) is 9.97 Å². The molecule has 0 fully saturated rings. The normalized spacial score (nSPS) is 10.3. The van der Waals surface area contributed by atoms with Crippen molar-refractivity contribution >= 4 is 34.7 Å². The number of para-hydroxylation sites is 2. The summed E-state index contributed by atoms with van der Waals surface area (Å²) >= 11 is 12.0. The number of methoxy groups -OCH3 is 1. The summed E-state index contributed by atoms with van der Waals surface area (Å²) in [6, 6.07) is 7.66. The zero-order valence-corrected chi connectivity index (χ0v) is 12.1. The maximum absolute atomic E-state index is 6.04. The van der Waals surface area contributed by atoms with Gasteiger partial charge in [0.05, 0.1) is 18.7 Å². The highest BCUT2D eigenvalue weighted by Crippen LogP contribution is 2.34. The number of hydrogen-bond acceptors (Lipinski definition) is 4. The number of alkyl halides is 1. The fourth-order valence-electron chi connectivity index (χ4n) is 1.81. The molecule has 0 aliphatic heterocycles. The van der Waals surface area contributed by atoms with Crippen LogP contribution >= 0.6 is 23.2 Å². The maximum atomic E-state index is 6.04. The number of ether oxygens (including phenoxy) is 1. The monoisotopic (exact) mass is 297 g/mol.